The molecule has 3 aromatic rings. The van der Waals surface area contributed by atoms with Gasteiger partial charge < -0.3 is 10.6 Å². The Kier molecular flexibility index (Phi) is 6.62. The molecule has 2 fully saturated rings. The van der Waals surface area contributed by atoms with E-state index in [4.69, 9.17) is 4.98 Å². The Bertz CT molecular complexity index is 1410. The molecule has 194 valence electrons. The third-order valence-corrected chi connectivity index (χ3v) is 8.99. The number of pyridine rings is 2. The number of imide groups is 1. The molecule has 0 spiro atoms. The average molecular weight is 520 g/mol. The molecule has 0 aromatic carbocycles. The van der Waals surface area contributed by atoms with Gasteiger partial charge in [-0.3, -0.25) is 29.3 Å². The van der Waals surface area contributed by atoms with Crippen LogP contribution in [0.3, 0.4) is 0 Å². The van der Waals surface area contributed by atoms with E-state index in [0.717, 1.165) is 63.5 Å². The minimum Gasteiger partial charge on any atom is -0.324 e. The Morgan fingerprint density at radius 3 is 2.62 bits per heavy atom. The van der Waals surface area contributed by atoms with E-state index < -0.39 is 5.41 Å². The van der Waals surface area contributed by atoms with Crippen molar-refractivity contribution in [2.75, 3.05) is 18.4 Å². The van der Waals surface area contributed by atoms with Crippen molar-refractivity contribution in [3.63, 3.8) is 0 Å². The maximum absolute atomic E-state index is 13.1. The lowest BCUT2D eigenvalue weighted by atomic mass is 9.82. The highest BCUT2D eigenvalue weighted by molar-refractivity contribution is 7.19. The van der Waals surface area contributed by atoms with Crippen molar-refractivity contribution in [2.45, 2.75) is 54.0 Å². The largest absolute Gasteiger partial charge is 0.324 e. The van der Waals surface area contributed by atoms with Crippen LogP contribution in [0.25, 0.3) is 21.5 Å². The molecule has 1 atom stereocenters. The number of nitrogens with one attached hydrogen (secondary N) is 2. The van der Waals surface area contributed by atoms with E-state index in [1.807, 2.05) is 52.8 Å². The number of piperidine rings is 1. The summed E-state index contributed by atoms with van der Waals surface area (Å²) in [6.45, 7) is 11.3. The number of thiophene rings is 1. The van der Waals surface area contributed by atoms with Gasteiger partial charge in [0.25, 0.3) is 0 Å². The number of carbonyl (C=O) groups excluding carboxylic acids is 3. The summed E-state index contributed by atoms with van der Waals surface area (Å²) in [6.07, 6.45) is 3.37. The summed E-state index contributed by atoms with van der Waals surface area (Å²) in [5.41, 5.74) is 4.19. The van der Waals surface area contributed by atoms with Crippen LogP contribution in [0.4, 0.5) is 5.69 Å². The van der Waals surface area contributed by atoms with Crippen molar-refractivity contribution in [2.24, 2.45) is 17.3 Å². The molecule has 5 rings (SSSR count). The second-order valence-corrected chi connectivity index (χ2v) is 11.9. The highest BCUT2D eigenvalue weighted by atomic mass is 32.1. The zero-order valence-corrected chi connectivity index (χ0v) is 22.8. The van der Waals surface area contributed by atoms with Crippen LogP contribution in [-0.4, -0.2) is 45.7 Å². The van der Waals surface area contributed by atoms with Crippen LogP contribution in [0.1, 0.15) is 49.7 Å². The van der Waals surface area contributed by atoms with E-state index in [-0.39, 0.29) is 36.1 Å². The Morgan fingerprint density at radius 1 is 1.22 bits per heavy atom. The summed E-state index contributed by atoms with van der Waals surface area (Å²) in [4.78, 5) is 50.6. The molecule has 2 aliphatic rings. The second kappa shape index (κ2) is 9.61. The number of likely N-dealkylation sites (tertiary alicyclic amines) is 1. The second-order valence-electron chi connectivity index (χ2n) is 10.8. The summed E-state index contributed by atoms with van der Waals surface area (Å²) in [7, 11) is 0. The molecule has 2 saturated heterocycles. The van der Waals surface area contributed by atoms with Gasteiger partial charge in [0, 0.05) is 34.2 Å². The number of carbonyl (C=O) groups is 3. The van der Waals surface area contributed by atoms with Crippen molar-refractivity contribution in [3.8, 4) is 11.3 Å². The molecule has 8 nitrogen and oxygen atoms in total. The first kappa shape index (κ1) is 25.5. The topological polar surface area (TPSA) is 104 Å². The van der Waals surface area contributed by atoms with Gasteiger partial charge in [0.1, 0.15) is 0 Å². The maximum atomic E-state index is 13.1. The molecular formula is C28H33N5O3S. The summed E-state index contributed by atoms with van der Waals surface area (Å²) in [5, 5.41) is 6.49. The van der Waals surface area contributed by atoms with Crippen LogP contribution in [0.2, 0.25) is 0 Å². The zero-order valence-electron chi connectivity index (χ0n) is 22.0. The Balaban J connectivity index is 1.51. The summed E-state index contributed by atoms with van der Waals surface area (Å²) < 4.78 is 0.916. The number of anilines is 1. The molecule has 2 aliphatic heterocycles. The first-order valence-electron chi connectivity index (χ1n) is 12.8. The number of rotatable bonds is 5. The Hall–Kier alpha value is -3.17. The molecule has 0 saturated carbocycles. The van der Waals surface area contributed by atoms with Crippen LogP contribution in [0, 0.1) is 31.1 Å². The average Bonchev–Trinajstić information content (AvgIpc) is 3.35. The number of hydrogen-bond acceptors (Lipinski definition) is 7. The number of aromatic nitrogens is 2. The Labute approximate surface area is 220 Å². The standard InChI is InChI=1S/C28H33N5O3S/c1-15-12-16(2)31-23(22(15)32-25(34)18-6-9-29-10-7-18)20-8-11-30-21-13-19(37-24(20)21)14-33-26(35)17(3)28(4,5)27(33)36/h8,11-13,17-18,29H,6-7,9-10,14H2,1-5H3,(H,32,34). The smallest absolute Gasteiger partial charge is 0.235 e. The lowest BCUT2D eigenvalue weighted by molar-refractivity contribution is -0.141. The van der Waals surface area contributed by atoms with E-state index >= 15 is 0 Å². The van der Waals surface area contributed by atoms with Crippen LogP contribution >= 0.6 is 11.3 Å². The molecule has 0 aliphatic carbocycles. The molecule has 37 heavy (non-hydrogen) atoms. The third-order valence-electron chi connectivity index (χ3n) is 7.85. The zero-order chi connectivity index (χ0) is 26.5. The summed E-state index contributed by atoms with van der Waals surface area (Å²) in [5.74, 6) is -0.637. The fourth-order valence-electron chi connectivity index (χ4n) is 5.23. The minimum absolute atomic E-state index is 0.0245. The molecule has 9 heteroatoms. The lowest BCUT2D eigenvalue weighted by Gasteiger charge is -2.23. The van der Waals surface area contributed by atoms with Gasteiger partial charge in [0.05, 0.1) is 33.6 Å². The quantitative estimate of drug-likeness (QED) is 0.483. The van der Waals surface area contributed by atoms with Gasteiger partial charge >= 0.3 is 0 Å². The molecule has 3 amide bonds. The Morgan fingerprint density at radius 2 is 1.95 bits per heavy atom. The van der Waals surface area contributed by atoms with Crippen LogP contribution in [0.15, 0.2) is 24.4 Å². The van der Waals surface area contributed by atoms with Gasteiger partial charge in [0.2, 0.25) is 17.7 Å². The SMILES string of the molecule is Cc1cc(C)c(NC(=O)C2CCNCC2)c(-c2ccnc3cc(CN4C(=O)C(C)C(C)(C)C4=O)sc23)n1. The predicted octanol–water partition coefficient (Wildman–Crippen LogP) is 4.44. The molecule has 5 heterocycles. The summed E-state index contributed by atoms with van der Waals surface area (Å²) in [6, 6.07) is 5.84. The number of nitrogens with zero attached hydrogens (tertiary/aromatic N) is 3. The van der Waals surface area contributed by atoms with Crippen LogP contribution in [-0.2, 0) is 20.9 Å². The van der Waals surface area contributed by atoms with Gasteiger partial charge in [-0.05, 0) is 63.5 Å². The number of fused-ring (bicyclic) bond motifs is 1. The van der Waals surface area contributed by atoms with E-state index in [1.54, 1.807) is 6.20 Å². The lowest BCUT2D eigenvalue weighted by Crippen LogP contribution is -2.34. The highest BCUT2D eigenvalue weighted by Crippen LogP contribution is 2.41. The minimum atomic E-state index is -0.707. The number of hydrogen-bond donors (Lipinski definition) is 2. The van der Waals surface area contributed by atoms with E-state index in [2.05, 4.69) is 15.6 Å². The van der Waals surface area contributed by atoms with Crippen molar-refractivity contribution >= 4 is 45.0 Å². The molecule has 3 aromatic heterocycles. The van der Waals surface area contributed by atoms with E-state index in [0.29, 0.717) is 5.69 Å². The third kappa shape index (κ3) is 4.55. The monoisotopic (exact) mass is 519 g/mol. The number of amides is 3. The van der Waals surface area contributed by atoms with Gasteiger partial charge in [-0.1, -0.05) is 20.8 Å². The van der Waals surface area contributed by atoms with E-state index in [1.165, 1.54) is 16.2 Å². The van der Waals surface area contributed by atoms with Crippen molar-refractivity contribution in [3.05, 3.63) is 40.5 Å². The van der Waals surface area contributed by atoms with E-state index in [9.17, 15) is 14.4 Å². The first-order valence-corrected chi connectivity index (χ1v) is 13.6. The van der Waals surface area contributed by atoms with Crippen molar-refractivity contribution in [1.29, 1.82) is 0 Å². The fraction of sp³-hybridized carbons (Fsp3) is 0.464. The molecule has 1 unspecified atom stereocenters. The molecular weight excluding hydrogens is 486 g/mol. The van der Waals surface area contributed by atoms with Crippen LogP contribution in [0.5, 0.6) is 0 Å². The van der Waals surface area contributed by atoms with Gasteiger partial charge in [-0.2, -0.15) is 0 Å². The van der Waals surface area contributed by atoms with Gasteiger partial charge in [-0.25, -0.2) is 0 Å². The first-order chi connectivity index (χ1) is 17.6. The number of aryl methyl sites for hydroxylation is 2. The maximum Gasteiger partial charge on any atom is 0.235 e. The van der Waals surface area contributed by atoms with Gasteiger partial charge in [0.15, 0.2) is 0 Å². The van der Waals surface area contributed by atoms with Crippen molar-refractivity contribution in [1.82, 2.24) is 20.2 Å². The molecule has 0 radical (unpaired) electrons. The van der Waals surface area contributed by atoms with Crippen LogP contribution < -0.4 is 10.6 Å². The summed E-state index contributed by atoms with van der Waals surface area (Å²) >= 11 is 1.51. The normalized spacial score (nSPS) is 20.1. The molecule has 0 bridgehead atoms. The highest BCUT2D eigenvalue weighted by Gasteiger charge is 2.51. The molecule has 2 N–H and O–H groups in total. The predicted molar refractivity (Wildman–Crippen MR) is 145 cm³/mol. The van der Waals surface area contributed by atoms with Crippen molar-refractivity contribution < 1.29 is 14.4 Å². The fourth-order valence-corrected chi connectivity index (χ4v) is 6.35. The van der Waals surface area contributed by atoms with Gasteiger partial charge in [-0.15, -0.1) is 11.3 Å².